The number of thioether (sulfide) groups is 1. The van der Waals surface area contributed by atoms with Gasteiger partial charge in [-0.3, -0.25) is 14.6 Å². The summed E-state index contributed by atoms with van der Waals surface area (Å²) in [5.41, 5.74) is 0.861. The molecule has 2 amide bonds. The molecule has 0 aliphatic carbocycles. The number of rotatable bonds is 5. The van der Waals surface area contributed by atoms with E-state index in [1.807, 2.05) is 58.9 Å². The average Bonchev–Trinajstić information content (AvgIpc) is 3.04. The number of hydrogen-bond acceptors (Lipinski definition) is 4. The SMILES string of the molecule is CCSC(=O)N1CCCN1C(=O)[C@@H](C)Cc1ccc(OC(C)(C)C)cc1. The highest BCUT2D eigenvalue weighted by Gasteiger charge is 2.32. The zero-order valence-corrected chi connectivity index (χ0v) is 17.3. The van der Waals surface area contributed by atoms with Gasteiger partial charge in [0.2, 0.25) is 5.91 Å². The lowest BCUT2D eigenvalue weighted by Crippen LogP contribution is -2.45. The summed E-state index contributed by atoms with van der Waals surface area (Å²) in [7, 11) is 0. The Labute approximate surface area is 161 Å². The molecular weight excluding hydrogens is 348 g/mol. The molecule has 0 bridgehead atoms. The maximum atomic E-state index is 12.8. The molecule has 1 fully saturated rings. The van der Waals surface area contributed by atoms with Crippen molar-refractivity contribution in [1.82, 2.24) is 10.0 Å². The van der Waals surface area contributed by atoms with Gasteiger partial charge in [-0.15, -0.1) is 0 Å². The van der Waals surface area contributed by atoms with E-state index in [-0.39, 0.29) is 22.7 Å². The highest BCUT2D eigenvalue weighted by atomic mass is 32.2. The predicted molar refractivity (Wildman–Crippen MR) is 106 cm³/mol. The standard InChI is InChI=1S/C20H30N2O3S/c1-6-26-19(24)22-13-7-12-21(22)18(23)15(2)14-16-8-10-17(11-9-16)25-20(3,4)5/h8-11,15H,6-7,12-14H2,1-5H3/t15-/m0/s1. The fourth-order valence-electron chi connectivity index (χ4n) is 2.97. The molecule has 0 N–H and O–H groups in total. The van der Waals surface area contributed by atoms with E-state index < -0.39 is 0 Å². The Balaban J connectivity index is 1.97. The minimum absolute atomic E-state index is 0.0163. The van der Waals surface area contributed by atoms with E-state index in [0.717, 1.165) is 23.5 Å². The molecule has 1 atom stereocenters. The number of amides is 2. The van der Waals surface area contributed by atoms with E-state index in [0.29, 0.717) is 19.5 Å². The molecule has 0 saturated carbocycles. The van der Waals surface area contributed by atoms with E-state index in [4.69, 9.17) is 4.74 Å². The first-order chi connectivity index (χ1) is 12.2. The molecule has 1 saturated heterocycles. The molecule has 2 rings (SSSR count). The molecule has 1 aliphatic heterocycles. The number of nitrogens with zero attached hydrogens (tertiary/aromatic N) is 2. The van der Waals surface area contributed by atoms with Crippen LogP contribution < -0.4 is 4.74 Å². The molecule has 5 nitrogen and oxygen atoms in total. The molecule has 1 aliphatic rings. The first-order valence-corrected chi connectivity index (χ1v) is 10.2. The van der Waals surface area contributed by atoms with Crippen molar-refractivity contribution in [1.29, 1.82) is 0 Å². The smallest absolute Gasteiger partial charge is 0.300 e. The number of hydrogen-bond donors (Lipinski definition) is 0. The van der Waals surface area contributed by atoms with Crippen LogP contribution in [0.2, 0.25) is 0 Å². The second-order valence-corrected chi connectivity index (χ2v) is 8.82. The maximum absolute atomic E-state index is 12.8. The lowest BCUT2D eigenvalue weighted by atomic mass is 10.00. The molecule has 26 heavy (non-hydrogen) atoms. The molecule has 1 aromatic carbocycles. The Morgan fingerprint density at radius 1 is 1.15 bits per heavy atom. The minimum Gasteiger partial charge on any atom is -0.488 e. The van der Waals surface area contributed by atoms with Crippen LogP contribution in [0.25, 0.3) is 0 Å². The molecule has 6 heteroatoms. The Bertz CT molecular complexity index is 625. The van der Waals surface area contributed by atoms with Gasteiger partial charge < -0.3 is 4.74 Å². The first-order valence-electron chi connectivity index (χ1n) is 9.25. The number of carbonyl (C=O) groups is 2. The fraction of sp³-hybridized carbons (Fsp3) is 0.600. The minimum atomic E-state index is -0.229. The summed E-state index contributed by atoms with van der Waals surface area (Å²) in [6, 6.07) is 7.90. The van der Waals surface area contributed by atoms with Crippen molar-refractivity contribution in [3.8, 4) is 5.75 Å². The van der Waals surface area contributed by atoms with Crippen LogP contribution in [0, 0.1) is 5.92 Å². The molecule has 1 heterocycles. The lowest BCUT2D eigenvalue weighted by molar-refractivity contribution is -0.143. The van der Waals surface area contributed by atoms with Crippen LogP contribution >= 0.6 is 11.8 Å². The summed E-state index contributed by atoms with van der Waals surface area (Å²) in [5, 5.41) is 3.20. The molecule has 0 unspecified atom stereocenters. The van der Waals surface area contributed by atoms with E-state index in [9.17, 15) is 9.59 Å². The average molecular weight is 379 g/mol. The maximum Gasteiger partial charge on any atom is 0.300 e. The van der Waals surface area contributed by atoms with Gasteiger partial charge in [0.15, 0.2) is 0 Å². The van der Waals surface area contributed by atoms with Gasteiger partial charge in [-0.1, -0.05) is 37.7 Å². The summed E-state index contributed by atoms with van der Waals surface area (Å²) in [4.78, 5) is 25.0. The van der Waals surface area contributed by atoms with Crippen LogP contribution in [0.1, 0.15) is 46.6 Å². The van der Waals surface area contributed by atoms with Crippen LogP contribution in [0.3, 0.4) is 0 Å². The van der Waals surface area contributed by atoms with Crippen molar-refractivity contribution in [2.75, 3.05) is 18.8 Å². The molecule has 0 radical (unpaired) electrons. The number of benzene rings is 1. The van der Waals surface area contributed by atoms with Crippen molar-refractivity contribution in [3.63, 3.8) is 0 Å². The van der Waals surface area contributed by atoms with Crippen LogP contribution in [0.4, 0.5) is 4.79 Å². The van der Waals surface area contributed by atoms with Gasteiger partial charge in [0.25, 0.3) is 5.24 Å². The molecule has 0 spiro atoms. The zero-order valence-electron chi connectivity index (χ0n) is 16.4. The van der Waals surface area contributed by atoms with Crippen LogP contribution in [-0.2, 0) is 11.2 Å². The normalized spacial score (nSPS) is 15.9. The third-order valence-electron chi connectivity index (χ3n) is 4.08. The van der Waals surface area contributed by atoms with Crippen molar-refractivity contribution in [2.24, 2.45) is 5.92 Å². The third-order valence-corrected chi connectivity index (χ3v) is 4.82. The third kappa shape index (κ3) is 5.66. The van der Waals surface area contributed by atoms with E-state index in [2.05, 4.69) is 0 Å². The van der Waals surface area contributed by atoms with E-state index in [1.54, 1.807) is 10.0 Å². The molecule has 1 aromatic rings. The number of hydrazine groups is 1. The zero-order chi connectivity index (χ0) is 19.3. The van der Waals surface area contributed by atoms with Crippen LogP contribution in [0.5, 0.6) is 5.75 Å². The number of ether oxygens (including phenoxy) is 1. The summed E-state index contributed by atoms with van der Waals surface area (Å²) in [6.07, 6.45) is 1.49. The predicted octanol–water partition coefficient (Wildman–Crippen LogP) is 4.36. The molecular formula is C20H30N2O3S. The van der Waals surface area contributed by atoms with Gasteiger partial charge in [0.1, 0.15) is 11.4 Å². The first kappa shape index (κ1) is 20.6. The summed E-state index contributed by atoms with van der Waals surface area (Å²) in [5.74, 6) is 1.38. The Kier molecular flexibility index (Phi) is 6.98. The Morgan fingerprint density at radius 2 is 1.77 bits per heavy atom. The molecule has 144 valence electrons. The van der Waals surface area contributed by atoms with Gasteiger partial charge in [0, 0.05) is 19.0 Å². The van der Waals surface area contributed by atoms with Crippen molar-refractivity contribution in [2.45, 2.75) is 53.1 Å². The molecule has 0 aromatic heterocycles. The van der Waals surface area contributed by atoms with E-state index in [1.165, 1.54) is 11.8 Å². The highest BCUT2D eigenvalue weighted by molar-refractivity contribution is 8.13. The Morgan fingerprint density at radius 3 is 2.35 bits per heavy atom. The second kappa shape index (κ2) is 8.80. The summed E-state index contributed by atoms with van der Waals surface area (Å²) < 4.78 is 5.83. The monoisotopic (exact) mass is 378 g/mol. The van der Waals surface area contributed by atoms with E-state index >= 15 is 0 Å². The summed E-state index contributed by atoms with van der Waals surface area (Å²) in [6.45, 7) is 11.2. The van der Waals surface area contributed by atoms with Gasteiger partial charge in [-0.05, 0) is 57.1 Å². The van der Waals surface area contributed by atoms with Crippen LogP contribution in [-0.4, -0.2) is 45.6 Å². The number of carbonyl (C=O) groups excluding carboxylic acids is 2. The van der Waals surface area contributed by atoms with Gasteiger partial charge in [0.05, 0.1) is 0 Å². The van der Waals surface area contributed by atoms with Crippen molar-refractivity contribution < 1.29 is 14.3 Å². The lowest BCUT2D eigenvalue weighted by Gasteiger charge is -2.29. The summed E-state index contributed by atoms with van der Waals surface area (Å²) >= 11 is 1.25. The van der Waals surface area contributed by atoms with Gasteiger partial charge >= 0.3 is 0 Å². The second-order valence-electron chi connectivity index (χ2n) is 7.60. The largest absolute Gasteiger partial charge is 0.488 e. The Hall–Kier alpha value is -1.69. The van der Waals surface area contributed by atoms with Crippen molar-refractivity contribution in [3.05, 3.63) is 29.8 Å². The van der Waals surface area contributed by atoms with Crippen molar-refractivity contribution >= 4 is 22.9 Å². The topological polar surface area (TPSA) is 49.9 Å². The van der Waals surface area contributed by atoms with Crippen LogP contribution in [0.15, 0.2) is 24.3 Å². The fourth-order valence-corrected chi connectivity index (χ4v) is 3.56. The highest BCUT2D eigenvalue weighted by Crippen LogP contribution is 2.23. The van der Waals surface area contributed by atoms with Gasteiger partial charge in [-0.25, -0.2) is 5.01 Å². The van der Waals surface area contributed by atoms with Gasteiger partial charge in [-0.2, -0.15) is 0 Å². The quantitative estimate of drug-likeness (QED) is 0.764.